The second kappa shape index (κ2) is 9.05. The number of hydrogen-bond acceptors (Lipinski definition) is 5. The third-order valence-corrected chi connectivity index (χ3v) is 5.29. The second-order valence-electron chi connectivity index (χ2n) is 7.00. The molecule has 3 rings (SSSR count). The predicted octanol–water partition coefficient (Wildman–Crippen LogP) is 3.35. The van der Waals surface area contributed by atoms with Crippen LogP contribution in [0.25, 0.3) is 0 Å². The van der Waals surface area contributed by atoms with Gasteiger partial charge in [0.1, 0.15) is 5.76 Å². The minimum absolute atomic E-state index is 0.0658. The zero-order chi connectivity index (χ0) is 21.0. The number of amides is 3. The van der Waals surface area contributed by atoms with Gasteiger partial charge < -0.3 is 14.1 Å². The third kappa shape index (κ3) is 4.10. The maximum atomic E-state index is 13.2. The Morgan fingerprint density at radius 2 is 1.86 bits per heavy atom. The number of rotatable bonds is 9. The predicted molar refractivity (Wildman–Crippen MR) is 107 cm³/mol. The van der Waals surface area contributed by atoms with Gasteiger partial charge in [0.2, 0.25) is 0 Å². The molecule has 3 amide bonds. The fourth-order valence-electron chi connectivity index (χ4n) is 3.66. The van der Waals surface area contributed by atoms with Crippen LogP contribution < -0.4 is 0 Å². The van der Waals surface area contributed by atoms with E-state index < -0.39 is 5.91 Å². The van der Waals surface area contributed by atoms with Crippen LogP contribution in [-0.4, -0.2) is 53.8 Å². The average molecular weight is 398 g/mol. The molecule has 0 fully saturated rings. The van der Waals surface area contributed by atoms with Crippen molar-refractivity contribution in [3.63, 3.8) is 0 Å². The van der Waals surface area contributed by atoms with Crippen LogP contribution in [0.5, 0.6) is 0 Å². The van der Waals surface area contributed by atoms with Gasteiger partial charge in [-0.05, 0) is 43.2 Å². The maximum absolute atomic E-state index is 13.2. The summed E-state index contributed by atoms with van der Waals surface area (Å²) in [4.78, 5) is 41.6. The number of benzene rings is 1. The molecule has 2 heterocycles. The largest absolute Gasteiger partial charge is 0.467 e. The smallest absolute Gasteiger partial charge is 0.261 e. The van der Waals surface area contributed by atoms with Crippen LogP contribution in [0.1, 0.15) is 63.5 Å². The number of fused-ring (bicyclic) bond motifs is 1. The first-order chi connectivity index (χ1) is 14.0. The van der Waals surface area contributed by atoms with Gasteiger partial charge in [0, 0.05) is 25.3 Å². The molecule has 0 radical (unpaired) electrons. The number of nitrogens with zero attached hydrogens (tertiary/aromatic N) is 2. The minimum Gasteiger partial charge on any atom is -0.467 e. The fraction of sp³-hybridized carbons (Fsp3) is 0.409. The lowest BCUT2D eigenvalue weighted by atomic mass is 10.0. The Labute approximate surface area is 170 Å². The van der Waals surface area contributed by atoms with Gasteiger partial charge in [0.15, 0.2) is 0 Å². The van der Waals surface area contributed by atoms with Gasteiger partial charge >= 0.3 is 0 Å². The van der Waals surface area contributed by atoms with Crippen LogP contribution in [0.4, 0.5) is 0 Å². The highest BCUT2D eigenvalue weighted by Gasteiger charge is 2.37. The van der Waals surface area contributed by atoms with E-state index in [1.54, 1.807) is 36.3 Å². The van der Waals surface area contributed by atoms with E-state index in [4.69, 9.17) is 9.15 Å². The van der Waals surface area contributed by atoms with Gasteiger partial charge in [-0.15, -0.1) is 0 Å². The molecule has 29 heavy (non-hydrogen) atoms. The summed E-state index contributed by atoms with van der Waals surface area (Å²) in [6.07, 6.45) is 3.15. The summed E-state index contributed by atoms with van der Waals surface area (Å²) in [5.74, 6) is -0.433. The van der Waals surface area contributed by atoms with Crippen LogP contribution in [0.3, 0.4) is 0 Å². The van der Waals surface area contributed by atoms with E-state index in [0.29, 0.717) is 30.0 Å². The lowest BCUT2D eigenvalue weighted by Gasteiger charge is -2.30. The van der Waals surface area contributed by atoms with E-state index in [1.807, 2.05) is 13.8 Å². The minimum atomic E-state index is -0.415. The Bertz CT molecular complexity index is 887. The van der Waals surface area contributed by atoms with Gasteiger partial charge in [0.05, 0.1) is 30.5 Å². The number of methoxy groups -OCH3 is 1. The molecular formula is C22H26N2O5. The molecule has 1 aliphatic rings. The van der Waals surface area contributed by atoms with Gasteiger partial charge in [-0.1, -0.05) is 13.8 Å². The number of ether oxygens (including phenoxy) is 1. The van der Waals surface area contributed by atoms with Crippen molar-refractivity contribution in [1.29, 1.82) is 0 Å². The molecule has 0 bridgehead atoms. The van der Waals surface area contributed by atoms with E-state index in [9.17, 15) is 14.4 Å². The Morgan fingerprint density at radius 1 is 1.14 bits per heavy atom. The zero-order valence-electron chi connectivity index (χ0n) is 17.0. The lowest BCUT2D eigenvalue weighted by Crippen LogP contribution is -2.41. The van der Waals surface area contributed by atoms with Crippen LogP contribution >= 0.6 is 0 Å². The van der Waals surface area contributed by atoms with Crippen LogP contribution in [0.2, 0.25) is 0 Å². The SMILES string of the molecule is CCC(CC)N(CCOC)C(=O)c1ccc2c(c1)C(=O)N(Cc1ccco1)C2=O. The number of carbonyl (C=O) groups excluding carboxylic acids is 3. The molecule has 1 aromatic heterocycles. The standard InChI is InChI=1S/C22H26N2O5/c1-4-16(5-2)23(10-12-28-3)20(25)15-8-9-18-19(13-15)22(27)24(21(18)26)14-17-7-6-11-29-17/h6-9,11,13,16H,4-5,10,12,14H2,1-3H3. The van der Waals surface area contributed by atoms with Gasteiger partial charge in [-0.25, -0.2) is 0 Å². The van der Waals surface area contributed by atoms with E-state index in [1.165, 1.54) is 12.3 Å². The van der Waals surface area contributed by atoms with Crippen molar-refractivity contribution in [2.24, 2.45) is 0 Å². The summed E-state index contributed by atoms with van der Waals surface area (Å²) in [5, 5.41) is 0. The summed E-state index contributed by atoms with van der Waals surface area (Å²) in [7, 11) is 1.60. The first-order valence-electron chi connectivity index (χ1n) is 9.84. The molecule has 0 N–H and O–H groups in total. The molecule has 0 saturated heterocycles. The van der Waals surface area contributed by atoms with E-state index in [2.05, 4.69) is 0 Å². The molecule has 7 heteroatoms. The first kappa shape index (κ1) is 20.8. The monoisotopic (exact) mass is 398 g/mol. The lowest BCUT2D eigenvalue weighted by molar-refractivity contribution is 0.0588. The van der Waals surface area contributed by atoms with Crippen LogP contribution in [-0.2, 0) is 11.3 Å². The van der Waals surface area contributed by atoms with Crippen molar-refractivity contribution in [1.82, 2.24) is 9.80 Å². The van der Waals surface area contributed by atoms with Gasteiger partial charge in [0.25, 0.3) is 17.7 Å². The Morgan fingerprint density at radius 3 is 2.48 bits per heavy atom. The van der Waals surface area contributed by atoms with E-state index in [-0.39, 0.29) is 30.0 Å². The van der Waals surface area contributed by atoms with Crippen molar-refractivity contribution < 1.29 is 23.5 Å². The van der Waals surface area contributed by atoms with Crippen molar-refractivity contribution in [3.05, 3.63) is 59.0 Å². The quantitative estimate of drug-likeness (QED) is 0.605. The van der Waals surface area contributed by atoms with Crippen molar-refractivity contribution >= 4 is 17.7 Å². The summed E-state index contributed by atoms with van der Waals surface area (Å²) in [6, 6.07) is 8.21. The highest BCUT2D eigenvalue weighted by molar-refractivity contribution is 6.22. The molecule has 0 spiro atoms. The second-order valence-corrected chi connectivity index (χ2v) is 7.00. The molecule has 0 aliphatic carbocycles. The van der Waals surface area contributed by atoms with E-state index >= 15 is 0 Å². The van der Waals surface area contributed by atoms with Crippen molar-refractivity contribution in [3.8, 4) is 0 Å². The number of hydrogen-bond donors (Lipinski definition) is 0. The number of furan rings is 1. The molecule has 0 atom stereocenters. The van der Waals surface area contributed by atoms with Crippen molar-refractivity contribution in [2.45, 2.75) is 39.3 Å². The van der Waals surface area contributed by atoms with E-state index in [0.717, 1.165) is 17.7 Å². The highest BCUT2D eigenvalue weighted by atomic mass is 16.5. The highest BCUT2D eigenvalue weighted by Crippen LogP contribution is 2.26. The molecule has 1 aliphatic heterocycles. The normalized spacial score (nSPS) is 13.3. The molecular weight excluding hydrogens is 372 g/mol. The fourth-order valence-corrected chi connectivity index (χ4v) is 3.66. The third-order valence-electron chi connectivity index (χ3n) is 5.29. The molecule has 0 unspecified atom stereocenters. The zero-order valence-corrected chi connectivity index (χ0v) is 17.0. The van der Waals surface area contributed by atoms with Gasteiger partial charge in [-0.2, -0.15) is 0 Å². The molecule has 2 aromatic rings. The first-order valence-corrected chi connectivity index (χ1v) is 9.84. The molecule has 154 valence electrons. The summed E-state index contributed by atoms with van der Waals surface area (Å²) in [5.41, 5.74) is 0.959. The maximum Gasteiger partial charge on any atom is 0.261 e. The van der Waals surface area contributed by atoms with Crippen LogP contribution in [0.15, 0.2) is 41.0 Å². The molecule has 1 aromatic carbocycles. The summed E-state index contributed by atoms with van der Waals surface area (Å²) < 4.78 is 10.4. The van der Waals surface area contributed by atoms with Gasteiger partial charge in [-0.3, -0.25) is 19.3 Å². The number of imide groups is 1. The van der Waals surface area contributed by atoms with Crippen LogP contribution in [0, 0.1) is 0 Å². The summed E-state index contributed by atoms with van der Waals surface area (Å²) >= 11 is 0. The Kier molecular flexibility index (Phi) is 6.49. The molecule has 7 nitrogen and oxygen atoms in total. The van der Waals surface area contributed by atoms with Crippen molar-refractivity contribution in [2.75, 3.05) is 20.3 Å². The molecule has 0 saturated carbocycles. The number of carbonyl (C=O) groups is 3. The average Bonchev–Trinajstić information content (AvgIpc) is 3.33. The Balaban J connectivity index is 1.87. The topological polar surface area (TPSA) is 80.1 Å². The summed E-state index contributed by atoms with van der Waals surface area (Å²) in [6.45, 7) is 5.05. The Hall–Kier alpha value is -2.93.